The van der Waals surface area contributed by atoms with E-state index in [1.807, 2.05) is 20.8 Å². The first-order chi connectivity index (χ1) is 5.18. The van der Waals surface area contributed by atoms with E-state index in [0.717, 1.165) is 0 Å². The Hall–Kier alpha value is 0.170. The Morgan fingerprint density at radius 2 is 1.18 bits per heavy atom. The van der Waals surface area contributed by atoms with Crippen molar-refractivity contribution in [3.8, 4) is 0 Å². The Kier molecular flexibility index (Phi) is 5.86. The maximum Gasteiger partial charge on any atom is 0.370 e. The van der Waals surface area contributed by atoms with E-state index in [-0.39, 0.29) is 0 Å². The van der Waals surface area contributed by atoms with E-state index in [2.05, 4.69) is 0 Å². The maximum atomic E-state index is 5.77. The van der Waals surface area contributed by atoms with Gasteiger partial charge in [0.2, 0.25) is 0 Å². The molecule has 0 aliphatic carbocycles. The van der Waals surface area contributed by atoms with Crippen LogP contribution in [-0.2, 0) is 14.2 Å². The summed E-state index contributed by atoms with van der Waals surface area (Å²) in [5, 5.41) is 0. The molecule has 0 heterocycles. The van der Waals surface area contributed by atoms with Gasteiger partial charge in [0.1, 0.15) is 0 Å². The van der Waals surface area contributed by atoms with Crippen molar-refractivity contribution < 1.29 is 14.2 Å². The van der Waals surface area contributed by atoms with Gasteiger partial charge in [-0.25, -0.2) is 0 Å². The second kappa shape index (κ2) is 5.77. The molecule has 0 aromatic heterocycles. The molecule has 0 aliphatic heterocycles. The number of rotatable bonds is 6. The lowest BCUT2D eigenvalue weighted by atomic mass is 10.8. The van der Waals surface area contributed by atoms with Gasteiger partial charge in [0, 0.05) is 0 Å². The number of halogens is 1. The lowest BCUT2D eigenvalue weighted by Crippen LogP contribution is -2.33. The van der Waals surface area contributed by atoms with Gasteiger partial charge in [0.25, 0.3) is 0 Å². The van der Waals surface area contributed by atoms with Crippen LogP contribution in [0.3, 0.4) is 0 Å². The summed E-state index contributed by atoms with van der Waals surface area (Å²) in [5.41, 5.74) is -1.38. The molecule has 68 valence electrons. The Morgan fingerprint density at radius 3 is 1.36 bits per heavy atom. The zero-order valence-corrected chi connectivity index (χ0v) is 7.98. The highest BCUT2D eigenvalue weighted by Gasteiger charge is 2.28. The zero-order valence-electron chi connectivity index (χ0n) is 7.22. The van der Waals surface area contributed by atoms with Crippen molar-refractivity contribution >= 4 is 11.6 Å². The summed E-state index contributed by atoms with van der Waals surface area (Å²) in [4.78, 5) is 0. The SMILES string of the molecule is CCOC(Cl)(OCC)OCC. The summed E-state index contributed by atoms with van der Waals surface area (Å²) < 4.78 is 15.1. The molecule has 4 heteroatoms. The van der Waals surface area contributed by atoms with Crippen LogP contribution >= 0.6 is 11.6 Å². The van der Waals surface area contributed by atoms with Crippen LogP contribution in [0.1, 0.15) is 20.8 Å². The lowest BCUT2D eigenvalue weighted by molar-refractivity contribution is -0.319. The van der Waals surface area contributed by atoms with Crippen LogP contribution in [0.5, 0.6) is 0 Å². The van der Waals surface area contributed by atoms with Crippen LogP contribution in [0.2, 0.25) is 0 Å². The standard InChI is InChI=1S/C7H15ClO3/c1-4-9-7(8,10-5-2)11-6-3/h4-6H2,1-3H3. The maximum absolute atomic E-state index is 5.77. The monoisotopic (exact) mass is 182 g/mol. The quantitative estimate of drug-likeness (QED) is 0.464. The van der Waals surface area contributed by atoms with Crippen molar-refractivity contribution in [2.75, 3.05) is 19.8 Å². The van der Waals surface area contributed by atoms with Crippen molar-refractivity contribution in [3.63, 3.8) is 0 Å². The first-order valence-electron chi connectivity index (χ1n) is 3.79. The van der Waals surface area contributed by atoms with Crippen molar-refractivity contribution in [1.29, 1.82) is 0 Å². The fraction of sp³-hybridized carbons (Fsp3) is 1.00. The van der Waals surface area contributed by atoms with Gasteiger partial charge < -0.3 is 14.2 Å². The molecule has 0 aliphatic rings. The molecule has 0 saturated heterocycles. The molecule has 0 fully saturated rings. The highest BCUT2D eigenvalue weighted by Crippen LogP contribution is 2.20. The van der Waals surface area contributed by atoms with E-state index in [1.54, 1.807) is 0 Å². The summed E-state index contributed by atoms with van der Waals surface area (Å²) in [6, 6.07) is 0. The molecule has 0 atom stereocenters. The van der Waals surface area contributed by atoms with Gasteiger partial charge >= 0.3 is 5.43 Å². The van der Waals surface area contributed by atoms with Crippen LogP contribution in [0.15, 0.2) is 0 Å². The van der Waals surface area contributed by atoms with Crippen LogP contribution in [0, 0.1) is 0 Å². The zero-order chi connectivity index (χ0) is 8.74. The molecule has 11 heavy (non-hydrogen) atoms. The summed E-state index contributed by atoms with van der Waals surface area (Å²) in [6.07, 6.45) is 0. The average molecular weight is 183 g/mol. The largest absolute Gasteiger partial charge is 0.370 e. The predicted molar refractivity (Wildman–Crippen MR) is 43.5 cm³/mol. The van der Waals surface area contributed by atoms with Gasteiger partial charge in [-0.2, -0.15) is 0 Å². The van der Waals surface area contributed by atoms with Gasteiger partial charge in [-0.1, -0.05) is 0 Å². The minimum atomic E-state index is -1.38. The molecule has 0 bridgehead atoms. The van der Waals surface area contributed by atoms with E-state index >= 15 is 0 Å². The Labute approximate surface area is 72.6 Å². The molecule has 0 saturated carbocycles. The minimum absolute atomic E-state index is 0.462. The second-order valence-electron chi connectivity index (χ2n) is 1.78. The number of hydrogen-bond acceptors (Lipinski definition) is 3. The Balaban J connectivity index is 3.79. The molecule has 0 amide bonds. The minimum Gasteiger partial charge on any atom is -0.315 e. The van der Waals surface area contributed by atoms with Gasteiger partial charge in [0.15, 0.2) is 0 Å². The molecule has 3 nitrogen and oxygen atoms in total. The topological polar surface area (TPSA) is 27.7 Å². The van der Waals surface area contributed by atoms with E-state index in [1.165, 1.54) is 0 Å². The van der Waals surface area contributed by atoms with Gasteiger partial charge in [-0.15, -0.1) is 0 Å². The van der Waals surface area contributed by atoms with Crippen molar-refractivity contribution in [1.82, 2.24) is 0 Å². The van der Waals surface area contributed by atoms with Crippen molar-refractivity contribution in [2.45, 2.75) is 26.2 Å². The van der Waals surface area contributed by atoms with Crippen LogP contribution in [0.4, 0.5) is 0 Å². The first kappa shape index (κ1) is 11.2. The molecule has 0 spiro atoms. The van der Waals surface area contributed by atoms with Crippen molar-refractivity contribution in [2.24, 2.45) is 0 Å². The Bertz CT molecular complexity index is 80.7. The smallest absolute Gasteiger partial charge is 0.315 e. The second-order valence-corrected chi connectivity index (χ2v) is 2.24. The number of ether oxygens (including phenoxy) is 3. The lowest BCUT2D eigenvalue weighted by Gasteiger charge is -2.24. The molecule has 0 radical (unpaired) electrons. The molecular weight excluding hydrogens is 168 g/mol. The third-order valence-electron chi connectivity index (χ3n) is 0.950. The fourth-order valence-electron chi connectivity index (χ4n) is 0.642. The molecule has 0 rings (SSSR count). The van der Waals surface area contributed by atoms with Crippen LogP contribution in [0.25, 0.3) is 0 Å². The third-order valence-corrected chi connectivity index (χ3v) is 1.28. The van der Waals surface area contributed by atoms with Gasteiger partial charge in [0.05, 0.1) is 19.8 Å². The van der Waals surface area contributed by atoms with E-state index in [4.69, 9.17) is 25.8 Å². The van der Waals surface area contributed by atoms with E-state index < -0.39 is 5.43 Å². The van der Waals surface area contributed by atoms with E-state index in [9.17, 15) is 0 Å². The van der Waals surface area contributed by atoms with Gasteiger partial charge in [-0.05, 0) is 32.4 Å². The normalized spacial score (nSPS) is 12.0. The van der Waals surface area contributed by atoms with Gasteiger partial charge in [-0.3, -0.25) is 0 Å². The molecular formula is C7H15ClO3. The molecule has 0 unspecified atom stereocenters. The third kappa shape index (κ3) is 4.58. The summed E-state index contributed by atoms with van der Waals surface area (Å²) in [5.74, 6) is 0. The highest BCUT2D eigenvalue weighted by atomic mass is 35.5. The summed E-state index contributed by atoms with van der Waals surface area (Å²) in [6.45, 7) is 6.87. The summed E-state index contributed by atoms with van der Waals surface area (Å²) in [7, 11) is 0. The Morgan fingerprint density at radius 1 is 0.909 bits per heavy atom. The van der Waals surface area contributed by atoms with E-state index in [0.29, 0.717) is 19.8 Å². The molecule has 0 aromatic carbocycles. The number of hydrogen-bond donors (Lipinski definition) is 0. The molecule has 0 aromatic rings. The predicted octanol–water partition coefficient (Wildman–Crippen LogP) is 1.95. The summed E-state index contributed by atoms with van der Waals surface area (Å²) >= 11 is 5.77. The van der Waals surface area contributed by atoms with Crippen LogP contribution in [-0.4, -0.2) is 25.3 Å². The molecule has 0 N–H and O–H groups in total. The fourth-order valence-corrected chi connectivity index (χ4v) is 0.970. The van der Waals surface area contributed by atoms with Crippen molar-refractivity contribution in [3.05, 3.63) is 0 Å². The first-order valence-corrected chi connectivity index (χ1v) is 4.17. The average Bonchev–Trinajstić information content (AvgIpc) is 1.88. The van der Waals surface area contributed by atoms with Crippen LogP contribution < -0.4 is 0 Å². The number of alkyl halides is 1. The highest BCUT2D eigenvalue weighted by molar-refractivity contribution is 6.20.